The first kappa shape index (κ1) is 17.1. The lowest BCUT2D eigenvalue weighted by Crippen LogP contribution is -2.16. The summed E-state index contributed by atoms with van der Waals surface area (Å²) in [6.07, 6.45) is 0. The summed E-state index contributed by atoms with van der Waals surface area (Å²) >= 11 is 0. The average molecular weight is 349 g/mol. The zero-order valence-electron chi connectivity index (χ0n) is 13.8. The van der Waals surface area contributed by atoms with Crippen LogP contribution >= 0.6 is 0 Å². The van der Waals surface area contributed by atoms with E-state index in [0.29, 0.717) is 22.7 Å². The number of esters is 1. The van der Waals surface area contributed by atoms with Crippen molar-refractivity contribution in [1.82, 2.24) is 20.2 Å². The Kier molecular flexibility index (Phi) is 5.52. The molecule has 0 spiro atoms. The van der Waals surface area contributed by atoms with E-state index in [2.05, 4.69) is 21.5 Å². The van der Waals surface area contributed by atoms with Crippen molar-refractivity contribution in [1.29, 1.82) is 5.26 Å². The molecule has 1 heterocycles. The van der Waals surface area contributed by atoms with Gasteiger partial charge in [-0.3, -0.25) is 0 Å². The third-order valence-corrected chi connectivity index (χ3v) is 3.40. The molecule has 0 fully saturated rings. The smallest absolute Gasteiger partial charge is 0.330 e. The van der Waals surface area contributed by atoms with E-state index in [1.165, 1.54) is 0 Å². The van der Waals surface area contributed by atoms with E-state index in [4.69, 9.17) is 14.7 Å². The Morgan fingerprint density at radius 1 is 1.08 bits per heavy atom. The maximum atomic E-state index is 11.9. The molecule has 0 bridgehead atoms. The number of aromatic nitrogens is 4. The lowest BCUT2D eigenvalue weighted by Gasteiger charge is -2.05. The van der Waals surface area contributed by atoms with Crippen molar-refractivity contribution < 1.29 is 14.3 Å². The number of carbonyl (C=O) groups excluding carboxylic acids is 1. The standard InChI is InChI=1S/C18H15N5O3/c19-10-14-6-4-5-7-15(14)12-26-18(24)11-23-21-17(20-22-23)13-25-16-8-2-1-3-9-16/h1-9H,11-13H2. The van der Waals surface area contributed by atoms with Crippen LogP contribution in [-0.4, -0.2) is 26.2 Å². The molecular weight excluding hydrogens is 334 g/mol. The summed E-state index contributed by atoms with van der Waals surface area (Å²) in [5, 5.41) is 20.7. The Morgan fingerprint density at radius 3 is 2.65 bits per heavy atom. The predicted molar refractivity (Wildman–Crippen MR) is 89.5 cm³/mol. The molecule has 1 aromatic heterocycles. The summed E-state index contributed by atoms with van der Waals surface area (Å²) < 4.78 is 10.7. The van der Waals surface area contributed by atoms with Crippen LogP contribution in [0.5, 0.6) is 5.75 Å². The van der Waals surface area contributed by atoms with Crippen LogP contribution in [-0.2, 0) is 29.3 Å². The van der Waals surface area contributed by atoms with Crippen molar-refractivity contribution in [3.05, 3.63) is 71.5 Å². The van der Waals surface area contributed by atoms with Gasteiger partial charge in [0, 0.05) is 5.56 Å². The van der Waals surface area contributed by atoms with Crippen LogP contribution in [0.4, 0.5) is 0 Å². The molecular formula is C18H15N5O3. The zero-order valence-corrected chi connectivity index (χ0v) is 13.8. The molecule has 3 aromatic rings. The number of tetrazole rings is 1. The van der Waals surface area contributed by atoms with Crippen molar-refractivity contribution in [3.63, 3.8) is 0 Å². The largest absolute Gasteiger partial charge is 0.485 e. The van der Waals surface area contributed by atoms with E-state index < -0.39 is 5.97 Å². The highest BCUT2D eigenvalue weighted by atomic mass is 16.5. The molecule has 0 atom stereocenters. The second kappa shape index (κ2) is 8.39. The maximum absolute atomic E-state index is 11.9. The summed E-state index contributed by atoms with van der Waals surface area (Å²) in [5.74, 6) is 0.529. The average Bonchev–Trinajstić information content (AvgIpc) is 3.13. The second-order valence-corrected chi connectivity index (χ2v) is 5.27. The van der Waals surface area contributed by atoms with Gasteiger partial charge in [0.05, 0.1) is 11.6 Å². The van der Waals surface area contributed by atoms with Gasteiger partial charge < -0.3 is 9.47 Å². The number of hydrogen-bond acceptors (Lipinski definition) is 7. The molecule has 0 saturated carbocycles. The Morgan fingerprint density at radius 2 is 1.85 bits per heavy atom. The third-order valence-electron chi connectivity index (χ3n) is 3.40. The lowest BCUT2D eigenvalue weighted by atomic mass is 10.1. The molecule has 0 saturated heterocycles. The first-order chi connectivity index (χ1) is 12.7. The fourth-order valence-electron chi connectivity index (χ4n) is 2.14. The topological polar surface area (TPSA) is 103 Å². The summed E-state index contributed by atoms with van der Waals surface area (Å²) in [4.78, 5) is 13.1. The Balaban J connectivity index is 1.49. The van der Waals surface area contributed by atoms with Gasteiger partial charge in [0.25, 0.3) is 0 Å². The van der Waals surface area contributed by atoms with Crippen LogP contribution in [0.1, 0.15) is 17.0 Å². The Hall–Kier alpha value is -3.73. The van der Waals surface area contributed by atoms with Crippen molar-refractivity contribution in [2.24, 2.45) is 0 Å². The van der Waals surface area contributed by atoms with Crippen LogP contribution in [0.2, 0.25) is 0 Å². The Bertz CT molecular complexity index is 918. The highest BCUT2D eigenvalue weighted by Gasteiger charge is 2.11. The summed E-state index contributed by atoms with van der Waals surface area (Å²) in [6, 6.07) is 18.2. The number of hydrogen-bond donors (Lipinski definition) is 0. The van der Waals surface area contributed by atoms with E-state index in [9.17, 15) is 4.79 Å². The number of benzene rings is 2. The van der Waals surface area contributed by atoms with Gasteiger partial charge in [-0.2, -0.15) is 10.1 Å². The summed E-state index contributed by atoms with van der Waals surface area (Å²) in [6.45, 7) is -0.0110. The predicted octanol–water partition coefficient (Wildman–Crippen LogP) is 1.87. The fraction of sp³-hybridized carbons (Fsp3) is 0.167. The molecule has 2 aromatic carbocycles. The highest BCUT2D eigenvalue weighted by molar-refractivity contribution is 5.68. The van der Waals surface area contributed by atoms with Gasteiger partial charge in [0.2, 0.25) is 5.82 Å². The van der Waals surface area contributed by atoms with Gasteiger partial charge in [0.15, 0.2) is 13.2 Å². The Labute approximate surface area is 149 Å². The molecule has 3 rings (SSSR count). The molecule has 8 nitrogen and oxygen atoms in total. The van der Waals surface area contributed by atoms with Gasteiger partial charge in [-0.15, -0.1) is 10.2 Å². The van der Waals surface area contributed by atoms with E-state index in [1.54, 1.807) is 24.3 Å². The number of carbonyl (C=O) groups is 1. The van der Waals surface area contributed by atoms with E-state index >= 15 is 0 Å². The number of para-hydroxylation sites is 1. The van der Waals surface area contributed by atoms with Crippen LogP contribution < -0.4 is 4.74 Å². The van der Waals surface area contributed by atoms with Crippen LogP contribution in [0.15, 0.2) is 54.6 Å². The molecule has 0 aliphatic carbocycles. The second-order valence-electron chi connectivity index (χ2n) is 5.27. The monoisotopic (exact) mass is 349 g/mol. The highest BCUT2D eigenvalue weighted by Crippen LogP contribution is 2.10. The van der Waals surface area contributed by atoms with Gasteiger partial charge in [-0.1, -0.05) is 36.4 Å². The number of ether oxygens (including phenoxy) is 2. The van der Waals surface area contributed by atoms with E-state index in [-0.39, 0.29) is 19.8 Å². The minimum absolute atomic E-state index is 0.0151. The molecule has 0 unspecified atom stereocenters. The van der Waals surface area contributed by atoms with E-state index in [0.717, 1.165) is 4.80 Å². The first-order valence-corrected chi connectivity index (χ1v) is 7.83. The van der Waals surface area contributed by atoms with E-state index in [1.807, 2.05) is 30.3 Å². The first-order valence-electron chi connectivity index (χ1n) is 7.83. The van der Waals surface area contributed by atoms with Crippen LogP contribution in [0.3, 0.4) is 0 Å². The normalized spacial score (nSPS) is 10.1. The number of nitrogens with zero attached hydrogens (tertiary/aromatic N) is 5. The molecule has 26 heavy (non-hydrogen) atoms. The molecule has 130 valence electrons. The number of nitriles is 1. The van der Waals surface area contributed by atoms with Crippen LogP contribution in [0.25, 0.3) is 0 Å². The molecule has 0 radical (unpaired) electrons. The summed E-state index contributed by atoms with van der Waals surface area (Å²) in [5.41, 5.74) is 1.12. The SMILES string of the molecule is N#Cc1ccccc1COC(=O)Cn1nnc(COc2ccccc2)n1. The van der Waals surface area contributed by atoms with Gasteiger partial charge >= 0.3 is 5.97 Å². The van der Waals surface area contributed by atoms with Crippen molar-refractivity contribution in [3.8, 4) is 11.8 Å². The minimum Gasteiger partial charge on any atom is -0.485 e. The molecule has 0 aliphatic rings. The van der Waals surface area contributed by atoms with Gasteiger partial charge in [-0.05, 0) is 23.4 Å². The quantitative estimate of drug-likeness (QED) is 0.600. The zero-order chi connectivity index (χ0) is 18.2. The lowest BCUT2D eigenvalue weighted by molar-refractivity contribution is -0.146. The van der Waals surface area contributed by atoms with Gasteiger partial charge in [0.1, 0.15) is 12.4 Å². The fourth-order valence-corrected chi connectivity index (χ4v) is 2.14. The van der Waals surface area contributed by atoms with Crippen LogP contribution in [0, 0.1) is 11.3 Å². The molecule has 0 aliphatic heterocycles. The van der Waals surface area contributed by atoms with Crippen molar-refractivity contribution in [2.75, 3.05) is 0 Å². The molecule has 0 N–H and O–H groups in total. The van der Waals surface area contributed by atoms with Crippen molar-refractivity contribution >= 4 is 5.97 Å². The molecule has 0 amide bonds. The van der Waals surface area contributed by atoms with Gasteiger partial charge in [-0.25, -0.2) is 4.79 Å². The third kappa shape index (κ3) is 4.64. The minimum atomic E-state index is -0.523. The van der Waals surface area contributed by atoms with Crippen molar-refractivity contribution in [2.45, 2.75) is 19.8 Å². The number of rotatable bonds is 7. The summed E-state index contributed by atoms with van der Waals surface area (Å²) in [7, 11) is 0. The maximum Gasteiger partial charge on any atom is 0.330 e. The molecule has 8 heteroatoms.